The van der Waals surface area contributed by atoms with Crippen molar-refractivity contribution in [3.8, 4) is 0 Å². The summed E-state index contributed by atoms with van der Waals surface area (Å²) in [5.41, 5.74) is 7.17. The number of nitrogens with one attached hydrogen (secondary N) is 1. The van der Waals surface area contributed by atoms with E-state index in [2.05, 4.69) is 64.4 Å². The van der Waals surface area contributed by atoms with Crippen LogP contribution in [0.3, 0.4) is 0 Å². The van der Waals surface area contributed by atoms with Crippen LogP contribution >= 0.6 is 0 Å². The Morgan fingerprint density at radius 2 is 1.97 bits per heavy atom. The predicted octanol–water partition coefficient (Wildman–Crippen LogP) is 5.27. The topological polar surface area (TPSA) is 49.2 Å². The molecule has 0 atom stereocenters. The third kappa shape index (κ3) is 5.01. The molecule has 1 saturated heterocycles. The van der Waals surface area contributed by atoms with Crippen molar-refractivity contribution < 1.29 is 4.74 Å². The molecule has 2 aromatic rings. The number of anilines is 2. The SMILES string of the molecule is C=N/C=C1/C=CC=C(c2cccc(NC)c2)/C1=N/c1ccc(N2CCCOCC2)cc1. The average Bonchev–Trinajstić information content (AvgIpc) is 3.10. The number of allylic oxidation sites excluding steroid dienone is 5. The summed E-state index contributed by atoms with van der Waals surface area (Å²) in [7, 11) is 1.92. The van der Waals surface area contributed by atoms with Gasteiger partial charge in [-0.3, -0.25) is 4.99 Å². The summed E-state index contributed by atoms with van der Waals surface area (Å²) >= 11 is 0. The molecule has 1 heterocycles. The van der Waals surface area contributed by atoms with Gasteiger partial charge in [0.2, 0.25) is 0 Å². The maximum atomic E-state index is 5.57. The Morgan fingerprint density at radius 1 is 1.10 bits per heavy atom. The van der Waals surface area contributed by atoms with Gasteiger partial charge >= 0.3 is 0 Å². The largest absolute Gasteiger partial charge is 0.388 e. The molecule has 0 aromatic heterocycles. The van der Waals surface area contributed by atoms with E-state index >= 15 is 0 Å². The summed E-state index contributed by atoms with van der Waals surface area (Å²) in [6.45, 7) is 7.19. The van der Waals surface area contributed by atoms with Crippen molar-refractivity contribution in [2.75, 3.05) is 43.6 Å². The fraction of sp³-hybridized carbons (Fsp3) is 0.231. The van der Waals surface area contributed by atoms with E-state index in [-0.39, 0.29) is 0 Å². The molecule has 31 heavy (non-hydrogen) atoms. The minimum Gasteiger partial charge on any atom is -0.388 e. The Morgan fingerprint density at radius 3 is 2.77 bits per heavy atom. The molecule has 1 N–H and O–H groups in total. The van der Waals surface area contributed by atoms with Crippen molar-refractivity contribution in [3.63, 3.8) is 0 Å². The lowest BCUT2D eigenvalue weighted by atomic mass is 9.91. The van der Waals surface area contributed by atoms with E-state index in [1.54, 1.807) is 6.20 Å². The maximum absolute atomic E-state index is 5.57. The lowest BCUT2D eigenvalue weighted by Crippen LogP contribution is -2.25. The molecule has 0 saturated carbocycles. The van der Waals surface area contributed by atoms with Crippen molar-refractivity contribution >= 4 is 35.1 Å². The Hall–Kier alpha value is -3.44. The molecule has 4 rings (SSSR count). The molecule has 0 bridgehead atoms. The summed E-state index contributed by atoms with van der Waals surface area (Å²) in [5, 5.41) is 3.21. The summed E-state index contributed by atoms with van der Waals surface area (Å²) in [6.07, 6.45) is 8.96. The van der Waals surface area contributed by atoms with Gasteiger partial charge in [-0.05, 0) is 55.1 Å². The van der Waals surface area contributed by atoms with Gasteiger partial charge in [-0.1, -0.05) is 30.4 Å². The third-order valence-electron chi connectivity index (χ3n) is 5.44. The fourth-order valence-corrected chi connectivity index (χ4v) is 3.84. The second-order valence-electron chi connectivity index (χ2n) is 7.47. The predicted molar refractivity (Wildman–Crippen MR) is 132 cm³/mol. The van der Waals surface area contributed by atoms with Gasteiger partial charge in [-0.2, -0.15) is 0 Å². The minimum atomic E-state index is 0.777. The molecule has 2 aromatic carbocycles. The van der Waals surface area contributed by atoms with Gasteiger partial charge in [0.15, 0.2) is 0 Å². The standard InChI is InChI=1S/C26H28N4O/c1-27-19-21-7-4-9-25(20-6-3-8-23(18-20)28-2)26(21)29-22-10-12-24(13-11-22)30-14-5-16-31-17-15-30/h3-4,6-13,18-19,28H,1,5,14-17H2,2H3/b21-19-,29-26+. The van der Waals surface area contributed by atoms with E-state index in [1.807, 2.05) is 31.3 Å². The highest BCUT2D eigenvalue weighted by Gasteiger charge is 2.17. The van der Waals surface area contributed by atoms with Crippen LogP contribution in [0.1, 0.15) is 12.0 Å². The van der Waals surface area contributed by atoms with Gasteiger partial charge in [0.25, 0.3) is 0 Å². The van der Waals surface area contributed by atoms with Crippen molar-refractivity contribution in [2.24, 2.45) is 9.98 Å². The van der Waals surface area contributed by atoms with Gasteiger partial charge < -0.3 is 15.0 Å². The second-order valence-corrected chi connectivity index (χ2v) is 7.47. The van der Waals surface area contributed by atoms with E-state index in [0.717, 1.165) is 66.5 Å². The first-order valence-electron chi connectivity index (χ1n) is 10.6. The van der Waals surface area contributed by atoms with Crippen molar-refractivity contribution in [2.45, 2.75) is 6.42 Å². The van der Waals surface area contributed by atoms with Gasteiger partial charge in [0, 0.05) is 55.5 Å². The second kappa shape index (κ2) is 10.0. The van der Waals surface area contributed by atoms with E-state index in [0.29, 0.717) is 0 Å². The highest BCUT2D eigenvalue weighted by atomic mass is 16.5. The Kier molecular flexibility index (Phi) is 6.75. The fourth-order valence-electron chi connectivity index (χ4n) is 3.84. The van der Waals surface area contributed by atoms with E-state index in [9.17, 15) is 0 Å². The molecule has 5 nitrogen and oxygen atoms in total. The highest BCUT2D eigenvalue weighted by Crippen LogP contribution is 2.30. The van der Waals surface area contributed by atoms with Crippen LogP contribution in [-0.4, -0.2) is 45.8 Å². The van der Waals surface area contributed by atoms with Crippen LogP contribution < -0.4 is 10.2 Å². The zero-order valence-corrected chi connectivity index (χ0v) is 17.9. The molecule has 0 radical (unpaired) electrons. The van der Waals surface area contributed by atoms with Crippen LogP contribution in [0.5, 0.6) is 0 Å². The van der Waals surface area contributed by atoms with Gasteiger partial charge in [-0.15, -0.1) is 0 Å². The van der Waals surface area contributed by atoms with E-state index in [1.165, 1.54) is 5.69 Å². The lowest BCUT2D eigenvalue weighted by molar-refractivity contribution is 0.152. The number of hydrogen-bond donors (Lipinski definition) is 1. The first kappa shape index (κ1) is 20.8. The molecular weight excluding hydrogens is 384 g/mol. The smallest absolute Gasteiger partial charge is 0.0803 e. The molecule has 158 valence electrons. The Labute approximate surface area is 184 Å². The number of aliphatic imine (C=N–C) groups is 2. The monoisotopic (exact) mass is 412 g/mol. The zero-order valence-electron chi connectivity index (χ0n) is 17.9. The quantitative estimate of drug-likeness (QED) is 0.681. The summed E-state index contributed by atoms with van der Waals surface area (Å²) < 4.78 is 5.57. The maximum Gasteiger partial charge on any atom is 0.0803 e. The number of hydrogen-bond acceptors (Lipinski definition) is 5. The van der Waals surface area contributed by atoms with Crippen LogP contribution in [0, 0.1) is 0 Å². The molecule has 1 aliphatic carbocycles. The van der Waals surface area contributed by atoms with Crippen LogP contribution in [0.25, 0.3) is 5.57 Å². The molecule has 1 fully saturated rings. The Balaban J connectivity index is 1.67. The van der Waals surface area contributed by atoms with Gasteiger partial charge in [0.1, 0.15) is 0 Å². The summed E-state index contributed by atoms with van der Waals surface area (Å²) in [6, 6.07) is 16.8. The van der Waals surface area contributed by atoms with Gasteiger partial charge in [0.05, 0.1) is 18.0 Å². The molecular formula is C26H28N4O. The number of rotatable bonds is 5. The molecule has 0 spiro atoms. The first-order chi connectivity index (χ1) is 15.3. The van der Waals surface area contributed by atoms with E-state index in [4.69, 9.17) is 9.73 Å². The minimum absolute atomic E-state index is 0.777. The average molecular weight is 413 g/mol. The zero-order chi connectivity index (χ0) is 21.5. The number of benzene rings is 2. The Bertz CT molecular complexity index is 1040. The molecule has 5 heteroatoms. The van der Waals surface area contributed by atoms with Gasteiger partial charge in [-0.25, -0.2) is 4.99 Å². The van der Waals surface area contributed by atoms with Crippen molar-refractivity contribution in [1.29, 1.82) is 0 Å². The highest BCUT2D eigenvalue weighted by molar-refractivity contribution is 6.34. The molecule has 2 aliphatic rings. The molecule has 1 aliphatic heterocycles. The molecule has 0 amide bonds. The third-order valence-corrected chi connectivity index (χ3v) is 5.44. The lowest BCUT2D eigenvalue weighted by Gasteiger charge is -2.22. The summed E-state index contributed by atoms with van der Waals surface area (Å²) in [5.74, 6) is 0. The first-order valence-corrected chi connectivity index (χ1v) is 10.6. The van der Waals surface area contributed by atoms with Crippen LogP contribution in [-0.2, 0) is 4.74 Å². The van der Waals surface area contributed by atoms with Crippen molar-refractivity contribution in [3.05, 3.63) is 84.1 Å². The normalized spacial score (nSPS) is 19.3. The van der Waals surface area contributed by atoms with Crippen molar-refractivity contribution in [1.82, 2.24) is 0 Å². The number of ether oxygens (including phenoxy) is 1. The molecule has 0 unspecified atom stereocenters. The summed E-state index contributed by atoms with van der Waals surface area (Å²) in [4.78, 5) is 11.4. The van der Waals surface area contributed by atoms with E-state index < -0.39 is 0 Å². The number of nitrogens with zero attached hydrogens (tertiary/aromatic N) is 3. The van der Waals surface area contributed by atoms with Crippen LogP contribution in [0.15, 0.2) is 88.5 Å². The van der Waals surface area contributed by atoms with Crippen LogP contribution in [0.4, 0.5) is 17.1 Å². The van der Waals surface area contributed by atoms with Crippen LogP contribution in [0.2, 0.25) is 0 Å².